The normalized spacial score (nSPS) is 11.4. The first kappa shape index (κ1) is 10.2. The van der Waals surface area contributed by atoms with Gasteiger partial charge in [0.2, 0.25) is 0 Å². The minimum Gasteiger partial charge on any atom is -0.274 e. The fraction of sp³-hybridized carbons (Fsp3) is 0.400. The minimum atomic E-state index is -0.513. The van der Waals surface area contributed by atoms with Gasteiger partial charge in [-0.25, -0.2) is 0 Å². The molecule has 0 spiro atoms. The van der Waals surface area contributed by atoms with Crippen LogP contribution < -0.4 is 0 Å². The molecule has 0 fully saturated rings. The first-order valence-electron chi connectivity index (χ1n) is 4.07. The summed E-state index contributed by atoms with van der Waals surface area (Å²) in [7, 11) is 0. The third kappa shape index (κ3) is 2.52. The Bertz CT molecular complexity index is 311. The summed E-state index contributed by atoms with van der Waals surface area (Å²) < 4.78 is 0. The van der Waals surface area contributed by atoms with Crippen molar-refractivity contribution < 1.29 is 4.79 Å². The summed E-state index contributed by atoms with van der Waals surface area (Å²) in [6.45, 7) is 6.27. The second-order valence-electron chi connectivity index (χ2n) is 3.96. The van der Waals surface area contributed by atoms with Crippen LogP contribution in [-0.4, -0.2) is 10.2 Å². The van der Waals surface area contributed by atoms with Crippen molar-refractivity contribution >= 4 is 16.8 Å². The van der Waals surface area contributed by atoms with Crippen LogP contribution in [0.25, 0.3) is 0 Å². The van der Waals surface area contributed by atoms with E-state index in [-0.39, 0.29) is 5.41 Å². The monoisotopic (exact) mass is 197 g/mol. The zero-order chi connectivity index (χ0) is 10.1. The first-order valence-corrected chi connectivity index (χ1v) is 4.45. The van der Waals surface area contributed by atoms with Crippen LogP contribution in [-0.2, 0) is 5.41 Å². The van der Waals surface area contributed by atoms with Gasteiger partial charge in [-0.05, 0) is 28.6 Å². The van der Waals surface area contributed by atoms with Crippen molar-refractivity contribution in [1.29, 1.82) is 0 Å². The van der Waals surface area contributed by atoms with E-state index in [0.29, 0.717) is 5.69 Å². The third-order valence-electron chi connectivity index (χ3n) is 1.83. The van der Waals surface area contributed by atoms with E-state index >= 15 is 0 Å². The van der Waals surface area contributed by atoms with Crippen LogP contribution in [0.3, 0.4) is 0 Å². The molecule has 13 heavy (non-hydrogen) atoms. The Labute approximate surface area is 82.9 Å². The van der Waals surface area contributed by atoms with Crippen molar-refractivity contribution in [3.8, 4) is 0 Å². The lowest BCUT2D eigenvalue weighted by Crippen LogP contribution is -2.11. The molecule has 1 aromatic rings. The second-order valence-corrected chi connectivity index (χ2v) is 4.30. The highest BCUT2D eigenvalue weighted by molar-refractivity contribution is 6.67. The first-order chi connectivity index (χ1) is 5.91. The van der Waals surface area contributed by atoms with Crippen LogP contribution >= 0.6 is 11.6 Å². The average Bonchev–Trinajstić information content (AvgIpc) is 2.03. The molecule has 3 heteroatoms. The van der Waals surface area contributed by atoms with Gasteiger partial charge in [-0.15, -0.1) is 0 Å². The molecule has 0 radical (unpaired) electrons. The topological polar surface area (TPSA) is 30.0 Å². The molecular formula is C10H12ClNO. The van der Waals surface area contributed by atoms with E-state index in [9.17, 15) is 4.79 Å². The SMILES string of the molecule is CC(C)(C)c1ccc(C(=O)Cl)nc1. The van der Waals surface area contributed by atoms with Gasteiger partial charge in [-0.1, -0.05) is 26.8 Å². The van der Waals surface area contributed by atoms with Crippen LogP contribution in [0.15, 0.2) is 18.3 Å². The highest BCUT2D eigenvalue weighted by Gasteiger charge is 2.14. The predicted octanol–water partition coefficient (Wildman–Crippen LogP) is 2.76. The fourth-order valence-corrected chi connectivity index (χ4v) is 1.07. The summed E-state index contributed by atoms with van der Waals surface area (Å²) in [6, 6.07) is 3.53. The number of halogens is 1. The van der Waals surface area contributed by atoms with E-state index in [2.05, 4.69) is 25.8 Å². The van der Waals surface area contributed by atoms with Gasteiger partial charge in [0.05, 0.1) is 0 Å². The number of carbonyl (C=O) groups is 1. The lowest BCUT2D eigenvalue weighted by atomic mass is 9.88. The summed E-state index contributed by atoms with van der Waals surface area (Å²) in [6.07, 6.45) is 1.69. The van der Waals surface area contributed by atoms with Crippen molar-refractivity contribution in [3.63, 3.8) is 0 Å². The van der Waals surface area contributed by atoms with E-state index in [1.54, 1.807) is 12.3 Å². The van der Waals surface area contributed by atoms with Crippen molar-refractivity contribution in [1.82, 2.24) is 4.98 Å². The van der Waals surface area contributed by atoms with Crippen molar-refractivity contribution in [2.75, 3.05) is 0 Å². The zero-order valence-electron chi connectivity index (χ0n) is 7.97. The summed E-state index contributed by atoms with van der Waals surface area (Å²) in [5, 5.41) is -0.513. The number of carbonyl (C=O) groups excluding carboxylic acids is 1. The van der Waals surface area contributed by atoms with E-state index in [1.165, 1.54) is 0 Å². The highest BCUT2D eigenvalue weighted by atomic mass is 35.5. The Morgan fingerprint density at radius 3 is 2.31 bits per heavy atom. The van der Waals surface area contributed by atoms with Gasteiger partial charge in [-0.3, -0.25) is 9.78 Å². The van der Waals surface area contributed by atoms with Crippen LogP contribution in [0.1, 0.15) is 36.8 Å². The van der Waals surface area contributed by atoms with E-state index in [0.717, 1.165) is 5.56 Å². The molecule has 0 amide bonds. The summed E-state index contributed by atoms with van der Waals surface area (Å²) in [5.41, 5.74) is 1.45. The van der Waals surface area contributed by atoms with Gasteiger partial charge in [0.1, 0.15) is 5.69 Å². The quantitative estimate of drug-likeness (QED) is 0.648. The highest BCUT2D eigenvalue weighted by Crippen LogP contribution is 2.21. The second kappa shape index (κ2) is 3.46. The minimum absolute atomic E-state index is 0.0564. The lowest BCUT2D eigenvalue weighted by molar-refractivity contribution is 0.107. The van der Waals surface area contributed by atoms with Gasteiger partial charge in [0, 0.05) is 6.20 Å². The molecule has 1 aromatic heterocycles. The average molecular weight is 198 g/mol. The number of hydrogen-bond donors (Lipinski definition) is 0. The van der Waals surface area contributed by atoms with Gasteiger partial charge in [-0.2, -0.15) is 0 Å². The fourth-order valence-electron chi connectivity index (χ4n) is 0.954. The maximum atomic E-state index is 10.7. The molecule has 1 rings (SSSR count). The van der Waals surface area contributed by atoms with Crippen molar-refractivity contribution in [3.05, 3.63) is 29.6 Å². The predicted molar refractivity (Wildman–Crippen MR) is 53.1 cm³/mol. The number of rotatable bonds is 1. The Balaban J connectivity index is 3.01. The van der Waals surface area contributed by atoms with Gasteiger partial charge < -0.3 is 0 Å². The Morgan fingerprint density at radius 1 is 1.38 bits per heavy atom. The Hall–Kier alpha value is -0.890. The molecule has 1 heterocycles. The van der Waals surface area contributed by atoms with Crippen molar-refractivity contribution in [2.24, 2.45) is 0 Å². The molecule has 0 N–H and O–H groups in total. The summed E-state index contributed by atoms with van der Waals surface area (Å²) in [5.74, 6) is 0. The van der Waals surface area contributed by atoms with E-state index < -0.39 is 5.24 Å². The molecule has 0 saturated heterocycles. The van der Waals surface area contributed by atoms with Crippen LogP contribution in [0.5, 0.6) is 0 Å². The number of nitrogens with zero attached hydrogens (tertiary/aromatic N) is 1. The summed E-state index contributed by atoms with van der Waals surface area (Å²) >= 11 is 5.27. The Kier molecular flexibility index (Phi) is 2.71. The van der Waals surface area contributed by atoms with Gasteiger partial charge in [0.15, 0.2) is 0 Å². The molecule has 70 valence electrons. The molecule has 0 unspecified atom stereocenters. The molecule has 0 aliphatic heterocycles. The van der Waals surface area contributed by atoms with E-state index in [1.807, 2.05) is 6.07 Å². The van der Waals surface area contributed by atoms with Crippen molar-refractivity contribution in [2.45, 2.75) is 26.2 Å². The molecule has 2 nitrogen and oxygen atoms in total. The maximum Gasteiger partial charge on any atom is 0.270 e. The summed E-state index contributed by atoms with van der Waals surface area (Å²) in [4.78, 5) is 14.7. The van der Waals surface area contributed by atoms with E-state index in [4.69, 9.17) is 11.6 Å². The Morgan fingerprint density at radius 2 is 2.00 bits per heavy atom. The zero-order valence-corrected chi connectivity index (χ0v) is 8.72. The van der Waals surface area contributed by atoms with Crippen LogP contribution in [0, 0.1) is 0 Å². The maximum absolute atomic E-state index is 10.7. The van der Waals surface area contributed by atoms with Gasteiger partial charge in [0.25, 0.3) is 5.24 Å². The molecule has 0 aliphatic carbocycles. The molecule has 0 atom stereocenters. The third-order valence-corrected chi connectivity index (χ3v) is 2.02. The van der Waals surface area contributed by atoms with Crippen LogP contribution in [0.2, 0.25) is 0 Å². The molecule has 0 aliphatic rings. The standard InChI is InChI=1S/C10H12ClNO/c1-10(2,3)7-4-5-8(9(11)13)12-6-7/h4-6H,1-3H3. The number of aromatic nitrogens is 1. The largest absolute Gasteiger partial charge is 0.274 e. The molecule has 0 saturated carbocycles. The number of pyridine rings is 1. The molecule has 0 aromatic carbocycles. The lowest BCUT2D eigenvalue weighted by Gasteiger charge is -2.17. The number of hydrogen-bond acceptors (Lipinski definition) is 2. The van der Waals surface area contributed by atoms with Gasteiger partial charge >= 0.3 is 0 Å². The smallest absolute Gasteiger partial charge is 0.270 e. The molecule has 0 bridgehead atoms. The van der Waals surface area contributed by atoms with Crippen LogP contribution in [0.4, 0.5) is 0 Å². The molecular weight excluding hydrogens is 186 g/mol.